The minimum Gasteiger partial charge on any atom is -0.396 e. The number of aliphatic hydroxyl groups is 2. The normalized spacial score (nSPS) is 15.0. The molecule has 2 unspecified atom stereocenters. The third-order valence-corrected chi connectivity index (χ3v) is 3.26. The molecule has 0 fully saturated rings. The van der Waals surface area contributed by atoms with Crippen LogP contribution in [0.4, 0.5) is 0 Å². The molecule has 0 amide bonds. The van der Waals surface area contributed by atoms with Crippen molar-refractivity contribution in [3.8, 4) is 0 Å². The molecule has 1 aromatic carbocycles. The number of rotatable bonds is 4. The molecule has 0 aliphatic rings. The Morgan fingerprint density at radius 3 is 2.67 bits per heavy atom. The van der Waals surface area contributed by atoms with Crippen molar-refractivity contribution >= 4 is 15.9 Å². The van der Waals surface area contributed by atoms with Crippen molar-refractivity contribution < 1.29 is 10.2 Å². The van der Waals surface area contributed by atoms with Crippen LogP contribution >= 0.6 is 15.9 Å². The maximum Gasteiger partial charge on any atom is 0.0942 e. The summed E-state index contributed by atoms with van der Waals surface area (Å²) >= 11 is 3.40. The SMILES string of the molecule is Cc1ccc(C(O)C(N)CCO)cc1Br. The van der Waals surface area contributed by atoms with E-state index in [-0.39, 0.29) is 6.61 Å². The Bertz CT molecular complexity index is 330. The molecule has 0 radical (unpaired) electrons. The number of nitrogens with two attached hydrogens (primary N) is 1. The van der Waals surface area contributed by atoms with Crippen LogP contribution in [-0.4, -0.2) is 22.9 Å². The maximum absolute atomic E-state index is 9.88. The van der Waals surface area contributed by atoms with Crippen LogP contribution < -0.4 is 5.73 Å². The van der Waals surface area contributed by atoms with Gasteiger partial charge in [-0.05, 0) is 30.5 Å². The van der Waals surface area contributed by atoms with Crippen LogP contribution in [0.2, 0.25) is 0 Å². The van der Waals surface area contributed by atoms with Gasteiger partial charge in [0.15, 0.2) is 0 Å². The Balaban J connectivity index is 2.81. The summed E-state index contributed by atoms with van der Waals surface area (Å²) in [5, 5.41) is 18.6. The van der Waals surface area contributed by atoms with Crippen LogP contribution in [0.1, 0.15) is 23.7 Å². The fourth-order valence-electron chi connectivity index (χ4n) is 1.35. The molecule has 0 bridgehead atoms. The third kappa shape index (κ3) is 3.28. The number of hydrogen-bond donors (Lipinski definition) is 3. The first-order valence-electron chi connectivity index (χ1n) is 4.87. The lowest BCUT2D eigenvalue weighted by atomic mass is 10.00. The van der Waals surface area contributed by atoms with Gasteiger partial charge in [0.05, 0.1) is 6.10 Å². The molecule has 0 saturated heterocycles. The topological polar surface area (TPSA) is 66.5 Å². The standard InChI is InChI=1S/C11H16BrNO2/c1-7-2-3-8(6-9(7)12)11(15)10(13)4-5-14/h2-3,6,10-11,14-15H,4-5,13H2,1H3. The Hall–Kier alpha value is -0.420. The largest absolute Gasteiger partial charge is 0.396 e. The van der Waals surface area contributed by atoms with Gasteiger partial charge >= 0.3 is 0 Å². The molecule has 4 heteroatoms. The summed E-state index contributed by atoms with van der Waals surface area (Å²) in [6, 6.07) is 5.21. The van der Waals surface area contributed by atoms with E-state index in [4.69, 9.17) is 10.8 Å². The van der Waals surface area contributed by atoms with Crippen molar-refractivity contribution in [1.29, 1.82) is 0 Å². The van der Waals surface area contributed by atoms with E-state index in [1.54, 1.807) is 0 Å². The van der Waals surface area contributed by atoms with Gasteiger partial charge in [0.2, 0.25) is 0 Å². The summed E-state index contributed by atoms with van der Waals surface area (Å²) < 4.78 is 0.954. The van der Waals surface area contributed by atoms with Crippen molar-refractivity contribution in [2.45, 2.75) is 25.5 Å². The van der Waals surface area contributed by atoms with Crippen LogP contribution in [0, 0.1) is 6.92 Å². The highest BCUT2D eigenvalue weighted by Gasteiger charge is 2.16. The first kappa shape index (κ1) is 12.6. The van der Waals surface area contributed by atoms with Gasteiger partial charge in [-0.1, -0.05) is 28.1 Å². The number of benzene rings is 1. The second-order valence-electron chi connectivity index (χ2n) is 3.63. The summed E-state index contributed by atoms with van der Waals surface area (Å²) in [6.45, 7) is 1.97. The first-order valence-corrected chi connectivity index (χ1v) is 5.66. The Morgan fingerprint density at radius 1 is 1.47 bits per heavy atom. The van der Waals surface area contributed by atoms with E-state index >= 15 is 0 Å². The van der Waals surface area contributed by atoms with Crippen molar-refractivity contribution in [3.63, 3.8) is 0 Å². The van der Waals surface area contributed by atoms with E-state index in [0.29, 0.717) is 6.42 Å². The van der Waals surface area contributed by atoms with E-state index in [2.05, 4.69) is 15.9 Å². The number of hydrogen-bond acceptors (Lipinski definition) is 3. The number of aliphatic hydroxyl groups excluding tert-OH is 2. The average Bonchev–Trinajstić information content (AvgIpc) is 2.21. The van der Waals surface area contributed by atoms with E-state index in [0.717, 1.165) is 15.6 Å². The maximum atomic E-state index is 9.88. The first-order chi connectivity index (χ1) is 7.06. The summed E-state index contributed by atoms with van der Waals surface area (Å²) in [4.78, 5) is 0. The van der Waals surface area contributed by atoms with Crippen molar-refractivity contribution in [2.24, 2.45) is 5.73 Å². The third-order valence-electron chi connectivity index (χ3n) is 2.41. The quantitative estimate of drug-likeness (QED) is 0.779. The van der Waals surface area contributed by atoms with Crippen LogP contribution in [-0.2, 0) is 0 Å². The van der Waals surface area contributed by atoms with Crippen molar-refractivity contribution in [3.05, 3.63) is 33.8 Å². The molecule has 0 saturated carbocycles. The molecule has 4 N–H and O–H groups in total. The number of halogens is 1. The smallest absolute Gasteiger partial charge is 0.0942 e. The molecule has 0 heterocycles. The van der Waals surface area contributed by atoms with Gasteiger partial charge in [0.25, 0.3) is 0 Å². The molecule has 0 spiro atoms. The highest BCUT2D eigenvalue weighted by Crippen LogP contribution is 2.23. The van der Waals surface area contributed by atoms with Crippen LogP contribution in [0.15, 0.2) is 22.7 Å². The van der Waals surface area contributed by atoms with Gasteiger partial charge in [-0.3, -0.25) is 0 Å². The Morgan fingerprint density at radius 2 is 2.13 bits per heavy atom. The van der Waals surface area contributed by atoms with Gasteiger partial charge in [0.1, 0.15) is 0 Å². The van der Waals surface area contributed by atoms with E-state index < -0.39 is 12.1 Å². The minimum absolute atomic E-state index is 0.00867. The molecule has 0 aliphatic carbocycles. The van der Waals surface area contributed by atoms with Crippen molar-refractivity contribution in [2.75, 3.05) is 6.61 Å². The summed E-state index contributed by atoms with van der Waals surface area (Å²) in [7, 11) is 0. The van der Waals surface area contributed by atoms with Gasteiger partial charge in [-0.25, -0.2) is 0 Å². The zero-order chi connectivity index (χ0) is 11.4. The van der Waals surface area contributed by atoms with E-state index in [9.17, 15) is 5.11 Å². The molecule has 1 rings (SSSR count). The minimum atomic E-state index is -0.728. The molecule has 1 aromatic rings. The zero-order valence-electron chi connectivity index (χ0n) is 8.65. The Labute approximate surface area is 98.1 Å². The van der Waals surface area contributed by atoms with E-state index in [1.165, 1.54) is 0 Å². The highest BCUT2D eigenvalue weighted by atomic mass is 79.9. The summed E-state index contributed by atoms with van der Waals surface area (Å²) in [6.07, 6.45) is -0.332. The summed E-state index contributed by atoms with van der Waals surface area (Å²) in [5.41, 5.74) is 7.61. The lowest BCUT2D eigenvalue weighted by Crippen LogP contribution is -2.29. The lowest BCUT2D eigenvalue weighted by molar-refractivity contribution is 0.129. The average molecular weight is 274 g/mol. The van der Waals surface area contributed by atoms with Crippen LogP contribution in [0.3, 0.4) is 0 Å². The lowest BCUT2D eigenvalue weighted by Gasteiger charge is -2.18. The zero-order valence-corrected chi connectivity index (χ0v) is 10.2. The molecular weight excluding hydrogens is 258 g/mol. The fourth-order valence-corrected chi connectivity index (χ4v) is 1.74. The van der Waals surface area contributed by atoms with Gasteiger partial charge in [0, 0.05) is 17.1 Å². The molecule has 84 valence electrons. The Kier molecular flexibility index (Phi) is 4.73. The molecule has 0 aliphatic heterocycles. The molecule has 0 aromatic heterocycles. The van der Waals surface area contributed by atoms with Gasteiger partial charge in [-0.15, -0.1) is 0 Å². The molecule has 3 nitrogen and oxygen atoms in total. The van der Waals surface area contributed by atoms with Gasteiger partial charge in [-0.2, -0.15) is 0 Å². The highest BCUT2D eigenvalue weighted by molar-refractivity contribution is 9.10. The summed E-state index contributed by atoms with van der Waals surface area (Å²) in [5.74, 6) is 0. The predicted octanol–water partition coefficient (Wildman–Crippen LogP) is 1.50. The molecule has 15 heavy (non-hydrogen) atoms. The molecular formula is C11H16BrNO2. The predicted molar refractivity (Wildman–Crippen MR) is 63.5 cm³/mol. The van der Waals surface area contributed by atoms with Crippen LogP contribution in [0.25, 0.3) is 0 Å². The van der Waals surface area contributed by atoms with Gasteiger partial charge < -0.3 is 15.9 Å². The van der Waals surface area contributed by atoms with Crippen molar-refractivity contribution in [1.82, 2.24) is 0 Å². The van der Waals surface area contributed by atoms with E-state index in [1.807, 2.05) is 25.1 Å². The fraction of sp³-hybridized carbons (Fsp3) is 0.455. The second-order valence-corrected chi connectivity index (χ2v) is 4.48. The number of aryl methyl sites for hydroxylation is 1. The molecule has 2 atom stereocenters. The monoisotopic (exact) mass is 273 g/mol. The van der Waals surface area contributed by atoms with Crippen LogP contribution in [0.5, 0.6) is 0 Å². The second kappa shape index (κ2) is 5.61.